The molecule has 20 heavy (non-hydrogen) atoms. The Balaban J connectivity index is 2.27. The van der Waals surface area contributed by atoms with E-state index in [-0.39, 0.29) is 5.56 Å². The molecule has 0 fully saturated rings. The van der Waals surface area contributed by atoms with Crippen molar-refractivity contribution >= 4 is 27.7 Å². The zero-order valence-corrected chi connectivity index (χ0v) is 13.0. The van der Waals surface area contributed by atoms with Crippen molar-refractivity contribution in [2.24, 2.45) is 0 Å². The van der Waals surface area contributed by atoms with E-state index in [0.717, 1.165) is 12.8 Å². The van der Waals surface area contributed by atoms with Crippen LogP contribution in [0.25, 0.3) is 0 Å². The first-order valence-electron chi connectivity index (χ1n) is 6.34. The molecule has 0 spiro atoms. The van der Waals surface area contributed by atoms with Crippen molar-refractivity contribution < 1.29 is 19.4 Å². The summed E-state index contributed by atoms with van der Waals surface area (Å²) in [7, 11) is 1.64. The highest BCUT2D eigenvalue weighted by atomic mass is 79.9. The first-order valence-corrected chi connectivity index (χ1v) is 7.14. The number of unbranched alkanes of at least 4 members (excludes halogenated alkanes) is 1. The molecule has 0 aliphatic heterocycles. The normalized spacial score (nSPS) is 10.5. The Morgan fingerprint density at radius 1 is 1.40 bits per heavy atom. The Kier molecular flexibility index (Phi) is 8.17. The van der Waals surface area contributed by atoms with Crippen LogP contribution in [0.3, 0.4) is 0 Å². The lowest BCUT2D eigenvalue weighted by Gasteiger charge is -2.09. The number of rotatable bonds is 10. The molecule has 112 valence electrons. The van der Waals surface area contributed by atoms with Crippen molar-refractivity contribution in [3.8, 4) is 0 Å². The number of hydrogen-bond donors (Lipinski definition) is 2. The van der Waals surface area contributed by atoms with Gasteiger partial charge >= 0.3 is 5.97 Å². The molecule has 0 radical (unpaired) electrons. The van der Waals surface area contributed by atoms with E-state index >= 15 is 0 Å². The maximum Gasteiger partial charge on any atom is 0.339 e. The minimum Gasteiger partial charge on any atom is -0.478 e. The lowest BCUT2D eigenvalue weighted by molar-refractivity contribution is 0.0690. The van der Waals surface area contributed by atoms with Crippen molar-refractivity contribution in [2.75, 3.05) is 38.8 Å². The van der Waals surface area contributed by atoms with Gasteiger partial charge in [-0.05, 0) is 34.8 Å². The second kappa shape index (κ2) is 9.68. The molecule has 7 heteroatoms. The lowest BCUT2D eigenvalue weighted by atomic mass is 10.2. The zero-order valence-electron chi connectivity index (χ0n) is 11.4. The molecule has 1 aromatic rings. The van der Waals surface area contributed by atoms with Crippen molar-refractivity contribution in [1.82, 2.24) is 4.98 Å². The molecular formula is C13H19BrN2O4. The van der Waals surface area contributed by atoms with E-state index in [1.807, 2.05) is 0 Å². The quantitative estimate of drug-likeness (QED) is 0.633. The fraction of sp³-hybridized carbons (Fsp3) is 0.538. The van der Waals surface area contributed by atoms with Crippen LogP contribution in [-0.2, 0) is 9.47 Å². The molecule has 2 N–H and O–H groups in total. The first-order chi connectivity index (χ1) is 9.65. The Morgan fingerprint density at radius 2 is 2.20 bits per heavy atom. The number of methoxy groups -OCH3 is 1. The van der Waals surface area contributed by atoms with Gasteiger partial charge in [-0.1, -0.05) is 0 Å². The predicted molar refractivity (Wildman–Crippen MR) is 79.3 cm³/mol. The summed E-state index contributed by atoms with van der Waals surface area (Å²) in [6.45, 7) is 2.53. The van der Waals surface area contributed by atoms with Gasteiger partial charge in [0.1, 0.15) is 11.4 Å². The number of nitrogens with zero attached hydrogens (tertiary/aromatic N) is 1. The van der Waals surface area contributed by atoms with Crippen LogP contribution in [0.2, 0.25) is 0 Å². The minimum absolute atomic E-state index is 0.163. The maximum atomic E-state index is 11.1. The third-order valence-corrected chi connectivity index (χ3v) is 2.96. The molecule has 0 aliphatic carbocycles. The van der Waals surface area contributed by atoms with E-state index in [2.05, 4.69) is 26.2 Å². The van der Waals surface area contributed by atoms with Crippen LogP contribution < -0.4 is 5.32 Å². The second-order valence-corrected chi connectivity index (χ2v) is 5.01. The van der Waals surface area contributed by atoms with Crippen molar-refractivity contribution in [3.63, 3.8) is 0 Å². The molecule has 0 aliphatic rings. The summed E-state index contributed by atoms with van der Waals surface area (Å²) in [6.07, 6.45) is 3.35. The number of aromatic carboxylic acids is 1. The molecule has 1 rings (SSSR count). The number of nitrogens with one attached hydrogen (secondary N) is 1. The fourth-order valence-electron chi connectivity index (χ4n) is 1.52. The fourth-order valence-corrected chi connectivity index (χ4v) is 1.85. The average molecular weight is 347 g/mol. The molecule has 0 aromatic carbocycles. The highest BCUT2D eigenvalue weighted by Gasteiger charge is 2.11. The molecule has 0 amide bonds. The first kappa shape index (κ1) is 16.9. The average Bonchev–Trinajstić information content (AvgIpc) is 2.43. The van der Waals surface area contributed by atoms with Gasteiger partial charge in [-0.25, -0.2) is 9.78 Å². The van der Waals surface area contributed by atoms with Crippen molar-refractivity contribution in [3.05, 3.63) is 22.3 Å². The van der Waals surface area contributed by atoms with Crippen molar-refractivity contribution in [2.45, 2.75) is 12.8 Å². The number of carbonyl (C=O) groups is 1. The molecule has 0 atom stereocenters. The van der Waals surface area contributed by atoms with E-state index in [9.17, 15) is 4.79 Å². The Bertz CT molecular complexity index is 429. The third-order valence-electron chi connectivity index (χ3n) is 2.52. The number of ether oxygens (including phenoxy) is 2. The summed E-state index contributed by atoms with van der Waals surface area (Å²) in [5.74, 6) is -0.606. The SMILES string of the molecule is COCCOCCCCNc1ncc(Br)cc1C(=O)O. The van der Waals surface area contributed by atoms with E-state index in [1.165, 1.54) is 6.07 Å². The van der Waals surface area contributed by atoms with Gasteiger partial charge in [0.25, 0.3) is 0 Å². The van der Waals surface area contributed by atoms with Gasteiger partial charge in [0.2, 0.25) is 0 Å². The summed E-state index contributed by atoms with van der Waals surface area (Å²) in [5, 5.41) is 12.1. The number of carboxylic acids is 1. The monoisotopic (exact) mass is 346 g/mol. The molecular weight excluding hydrogens is 328 g/mol. The summed E-state index contributed by atoms with van der Waals surface area (Å²) < 4.78 is 10.8. The van der Waals surface area contributed by atoms with E-state index < -0.39 is 5.97 Å². The topological polar surface area (TPSA) is 80.7 Å². The maximum absolute atomic E-state index is 11.1. The van der Waals surface area contributed by atoms with Gasteiger partial charge in [0.05, 0.1) is 13.2 Å². The van der Waals surface area contributed by atoms with Crippen LogP contribution in [0.1, 0.15) is 23.2 Å². The van der Waals surface area contributed by atoms with Crippen LogP contribution in [0.4, 0.5) is 5.82 Å². The van der Waals surface area contributed by atoms with Gasteiger partial charge in [0, 0.05) is 30.9 Å². The third kappa shape index (κ3) is 6.31. The predicted octanol–water partition coefficient (Wildman–Crippen LogP) is 2.40. The van der Waals surface area contributed by atoms with Gasteiger partial charge < -0.3 is 19.9 Å². The lowest BCUT2D eigenvalue weighted by Crippen LogP contribution is -2.10. The van der Waals surface area contributed by atoms with Crippen LogP contribution >= 0.6 is 15.9 Å². The molecule has 1 heterocycles. The zero-order chi connectivity index (χ0) is 14.8. The van der Waals surface area contributed by atoms with Crippen molar-refractivity contribution in [1.29, 1.82) is 0 Å². The smallest absolute Gasteiger partial charge is 0.339 e. The summed E-state index contributed by atoms with van der Waals surface area (Å²) >= 11 is 3.21. The summed E-state index contributed by atoms with van der Waals surface area (Å²) in [6, 6.07) is 1.53. The van der Waals surface area contributed by atoms with E-state index in [0.29, 0.717) is 36.7 Å². The van der Waals surface area contributed by atoms with Gasteiger partial charge in [-0.2, -0.15) is 0 Å². The molecule has 0 saturated carbocycles. The molecule has 1 aromatic heterocycles. The second-order valence-electron chi connectivity index (χ2n) is 4.09. The van der Waals surface area contributed by atoms with Crippen LogP contribution in [0.5, 0.6) is 0 Å². The highest BCUT2D eigenvalue weighted by Crippen LogP contribution is 2.18. The molecule has 0 bridgehead atoms. The Morgan fingerprint density at radius 3 is 2.90 bits per heavy atom. The Hall–Kier alpha value is -1.18. The summed E-state index contributed by atoms with van der Waals surface area (Å²) in [5.41, 5.74) is 0.163. The molecule has 6 nitrogen and oxygen atoms in total. The Labute approximate surface area is 126 Å². The van der Waals surface area contributed by atoms with Gasteiger partial charge in [0.15, 0.2) is 0 Å². The number of pyridine rings is 1. The summed E-state index contributed by atoms with van der Waals surface area (Å²) in [4.78, 5) is 15.1. The number of halogens is 1. The highest BCUT2D eigenvalue weighted by molar-refractivity contribution is 9.10. The van der Waals surface area contributed by atoms with Gasteiger partial charge in [-0.3, -0.25) is 0 Å². The number of carboxylic acid groups (broad SMARTS) is 1. The number of hydrogen-bond acceptors (Lipinski definition) is 5. The van der Waals surface area contributed by atoms with Crippen LogP contribution in [0.15, 0.2) is 16.7 Å². The van der Waals surface area contributed by atoms with E-state index in [1.54, 1.807) is 13.3 Å². The van der Waals surface area contributed by atoms with Gasteiger partial charge in [-0.15, -0.1) is 0 Å². The van der Waals surface area contributed by atoms with E-state index in [4.69, 9.17) is 14.6 Å². The van der Waals surface area contributed by atoms with Crippen LogP contribution in [0, 0.1) is 0 Å². The number of anilines is 1. The standard InChI is InChI=1S/C13H19BrN2O4/c1-19-6-7-20-5-3-2-4-15-12-11(13(17)18)8-10(14)9-16-12/h8-9H,2-7H2,1H3,(H,15,16)(H,17,18). The minimum atomic E-state index is -0.996. The molecule has 0 unspecified atom stereocenters. The van der Waals surface area contributed by atoms with Crippen LogP contribution in [-0.4, -0.2) is 49.5 Å². The number of aromatic nitrogens is 1. The largest absolute Gasteiger partial charge is 0.478 e. The molecule has 0 saturated heterocycles.